The van der Waals surface area contributed by atoms with E-state index in [4.69, 9.17) is 0 Å². The van der Waals surface area contributed by atoms with E-state index in [1.165, 1.54) is 0 Å². The van der Waals surface area contributed by atoms with Crippen molar-refractivity contribution in [1.29, 1.82) is 0 Å². The summed E-state index contributed by atoms with van der Waals surface area (Å²) in [6.07, 6.45) is 0. The molecule has 1 N–H and O–H groups in total. The lowest BCUT2D eigenvalue weighted by Gasteiger charge is -2.06. The SMILES string of the molecule is Cc1nc(CNC(=O)c2cc(Br)ccc2Br)cs1. The predicted molar refractivity (Wildman–Crippen MR) is 79.9 cm³/mol. The highest BCUT2D eigenvalue weighted by Gasteiger charge is 2.10. The molecule has 1 aromatic heterocycles. The van der Waals surface area contributed by atoms with E-state index in [2.05, 4.69) is 42.2 Å². The van der Waals surface area contributed by atoms with Crippen LogP contribution < -0.4 is 5.32 Å². The molecule has 6 heteroatoms. The number of carbonyl (C=O) groups is 1. The lowest BCUT2D eigenvalue weighted by molar-refractivity contribution is 0.0949. The lowest BCUT2D eigenvalue weighted by Crippen LogP contribution is -2.23. The third-order valence-electron chi connectivity index (χ3n) is 2.27. The highest BCUT2D eigenvalue weighted by molar-refractivity contribution is 9.11. The standard InChI is InChI=1S/C12H10Br2N2OS/c1-7-16-9(6-18-7)5-15-12(17)10-4-8(13)2-3-11(10)14/h2-4,6H,5H2,1H3,(H,15,17). The van der Waals surface area contributed by atoms with Gasteiger partial charge in [-0.3, -0.25) is 4.79 Å². The van der Waals surface area contributed by atoms with Crippen LogP contribution in [0.4, 0.5) is 0 Å². The first-order valence-electron chi connectivity index (χ1n) is 5.20. The summed E-state index contributed by atoms with van der Waals surface area (Å²) < 4.78 is 1.65. The summed E-state index contributed by atoms with van der Waals surface area (Å²) in [5.74, 6) is -0.117. The van der Waals surface area contributed by atoms with Crippen molar-refractivity contribution in [2.45, 2.75) is 13.5 Å². The van der Waals surface area contributed by atoms with Gasteiger partial charge >= 0.3 is 0 Å². The van der Waals surface area contributed by atoms with Gasteiger partial charge in [0, 0.05) is 14.3 Å². The number of amides is 1. The summed E-state index contributed by atoms with van der Waals surface area (Å²) in [5, 5.41) is 5.80. The Balaban J connectivity index is 2.05. The molecule has 0 saturated heterocycles. The molecule has 0 unspecified atom stereocenters. The van der Waals surface area contributed by atoms with Crippen molar-refractivity contribution >= 4 is 49.1 Å². The molecule has 0 bridgehead atoms. The van der Waals surface area contributed by atoms with Gasteiger partial charge in [-0.2, -0.15) is 0 Å². The minimum atomic E-state index is -0.117. The summed E-state index contributed by atoms with van der Waals surface area (Å²) in [6, 6.07) is 5.50. The highest BCUT2D eigenvalue weighted by atomic mass is 79.9. The molecule has 2 aromatic rings. The van der Waals surface area contributed by atoms with Crippen molar-refractivity contribution in [2.75, 3.05) is 0 Å². The first-order chi connectivity index (χ1) is 8.56. The first kappa shape index (κ1) is 13.7. The molecule has 0 radical (unpaired) electrons. The van der Waals surface area contributed by atoms with Crippen LogP contribution in [0.15, 0.2) is 32.5 Å². The fourth-order valence-electron chi connectivity index (χ4n) is 1.43. The van der Waals surface area contributed by atoms with Gasteiger partial charge in [0.15, 0.2) is 0 Å². The Morgan fingerprint density at radius 1 is 1.44 bits per heavy atom. The number of nitrogens with zero attached hydrogens (tertiary/aromatic N) is 1. The number of benzene rings is 1. The number of hydrogen-bond acceptors (Lipinski definition) is 3. The summed E-state index contributed by atoms with van der Waals surface area (Å²) >= 11 is 8.30. The second-order valence-electron chi connectivity index (χ2n) is 3.66. The van der Waals surface area contributed by atoms with Gasteiger partial charge in [0.2, 0.25) is 0 Å². The van der Waals surface area contributed by atoms with Crippen molar-refractivity contribution in [2.24, 2.45) is 0 Å². The Hall–Kier alpha value is -0.720. The second-order valence-corrected chi connectivity index (χ2v) is 6.50. The third-order valence-corrected chi connectivity index (χ3v) is 4.28. The zero-order valence-corrected chi connectivity index (χ0v) is 13.5. The Kier molecular flexibility index (Phi) is 4.53. The van der Waals surface area contributed by atoms with Crippen molar-refractivity contribution in [3.05, 3.63) is 48.8 Å². The lowest BCUT2D eigenvalue weighted by atomic mass is 10.2. The van der Waals surface area contributed by atoms with Gasteiger partial charge in [-0.15, -0.1) is 11.3 Å². The Morgan fingerprint density at radius 3 is 2.89 bits per heavy atom. The topological polar surface area (TPSA) is 42.0 Å². The van der Waals surface area contributed by atoms with Gasteiger partial charge in [0.05, 0.1) is 22.8 Å². The van der Waals surface area contributed by atoms with Crippen LogP contribution in [0, 0.1) is 6.92 Å². The fourth-order valence-corrected chi connectivity index (χ4v) is 2.83. The van der Waals surface area contributed by atoms with E-state index in [1.807, 2.05) is 24.4 Å². The number of thiazole rings is 1. The minimum Gasteiger partial charge on any atom is -0.346 e. The second kappa shape index (κ2) is 5.95. The molecule has 0 aliphatic rings. The van der Waals surface area contributed by atoms with Crippen LogP contribution in [0.1, 0.15) is 21.1 Å². The average molecular weight is 390 g/mol. The molecule has 0 atom stereocenters. The van der Waals surface area contributed by atoms with Gasteiger partial charge < -0.3 is 5.32 Å². The molecule has 0 aliphatic heterocycles. The number of nitrogens with one attached hydrogen (secondary N) is 1. The average Bonchev–Trinajstić information content (AvgIpc) is 2.75. The Morgan fingerprint density at radius 2 is 2.22 bits per heavy atom. The summed E-state index contributed by atoms with van der Waals surface area (Å²) in [7, 11) is 0. The number of aromatic nitrogens is 1. The maximum absolute atomic E-state index is 12.0. The van der Waals surface area contributed by atoms with Gasteiger partial charge in [0.25, 0.3) is 5.91 Å². The maximum Gasteiger partial charge on any atom is 0.252 e. The zero-order valence-electron chi connectivity index (χ0n) is 9.54. The van der Waals surface area contributed by atoms with Gasteiger partial charge in [-0.25, -0.2) is 4.98 Å². The highest BCUT2D eigenvalue weighted by Crippen LogP contribution is 2.21. The van der Waals surface area contributed by atoms with Crippen LogP contribution in [-0.2, 0) is 6.54 Å². The molecule has 94 valence electrons. The molecule has 1 heterocycles. The van der Waals surface area contributed by atoms with E-state index in [1.54, 1.807) is 17.4 Å². The molecule has 2 rings (SSSR count). The fraction of sp³-hybridized carbons (Fsp3) is 0.167. The van der Waals surface area contributed by atoms with Crippen LogP contribution in [0.2, 0.25) is 0 Å². The quantitative estimate of drug-likeness (QED) is 0.864. The summed E-state index contributed by atoms with van der Waals surface area (Å²) in [5.41, 5.74) is 1.49. The molecule has 0 fully saturated rings. The molecule has 0 spiro atoms. The van der Waals surface area contributed by atoms with Crippen molar-refractivity contribution < 1.29 is 4.79 Å². The molecular weight excluding hydrogens is 380 g/mol. The van der Waals surface area contributed by atoms with E-state index in [-0.39, 0.29) is 5.91 Å². The van der Waals surface area contributed by atoms with Crippen LogP contribution in [0.5, 0.6) is 0 Å². The van der Waals surface area contributed by atoms with Gasteiger partial charge in [-0.1, -0.05) is 15.9 Å². The summed E-state index contributed by atoms with van der Waals surface area (Å²) in [6.45, 7) is 2.39. The smallest absolute Gasteiger partial charge is 0.252 e. The number of aryl methyl sites for hydroxylation is 1. The Bertz CT molecular complexity index is 583. The maximum atomic E-state index is 12.0. The largest absolute Gasteiger partial charge is 0.346 e. The normalized spacial score (nSPS) is 10.4. The third kappa shape index (κ3) is 3.40. The minimum absolute atomic E-state index is 0.117. The van der Waals surface area contributed by atoms with E-state index in [0.717, 1.165) is 19.6 Å². The van der Waals surface area contributed by atoms with Crippen LogP contribution in [0.3, 0.4) is 0 Å². The predicted octanol–water partition coefficient (Wildman–Crippen LogP) is 3.91. The van der Waals surface area contributed by atoms with E-state index >= 15 is 0 Å². The number of carbonyl (C=O) groups excluding carboxylic acids is 1. The molecule has 0 saturated carbocycles. The molecule has 0 aliphatic carbocycles. The first-order valence-corrected chi connectivity index (χ1v) is 7.67. The van der Waals surface area contributed by atoms with Gasteiger partial charge in [0.1, 0.15) is 0 Å². The number of halogens is 2. The number of rotatable bonds is 3. The number of hydrogen-bond donors (Lipinski definition) is 1. The van der Waals surface area contributed by atoms with Crippen molar-refractivity contribution in [1.82, 2.24) is 10.3 Å². The molecule has 3 nitrogen and oxygen atoms in total. The van der Waals surface area contributed by atoms with E-state index in [0.29, 0.717) is 12.1 Å². The van der Waals surface area contributed by atoms with Crippen LogP contribution in [-0.4, -0.2) is 10.9 Å². The molecule has 18 heavy (non-hydrogen) atoms. The Labute approximate surface area is 126 Å². The molecule has 1 amide bonds. The molecular formula is C12H10Br2N2OS. The summed E-state index contributed by atoms with van der Waals surface area (Å²) in [4.78, 5) is 16.3. The zero-order chi connectivity index (χ0) is 13.1. The van der Waals surface area contributed by atoms with Crippen molar-refractivity contribution in [3.8, 4) is 0 Å². The van der Waals surface area contributed by atoms with Crippen LogP contribution in [0.25, 0.3) is 0 Å². The van der Waals surface area contributed by atoms with E-state index < -0.39 is 0 Å². The molecule has 1 aromatic carbocycles. The van der Waals surface area contributed by atoms with Gasteiger partial charge in [-0.05, 0) is 41.1 Å². The van der Waals surface area contributed by atoms with Crippen LogP contribution >= 0.6 is 43.2 Å². The van der Waals surface area contributed by atoms with E-state index in [9.17, 15) is 4.79 Å². The monoisotopic (exact) mass is 388 g/mol. The van der Waals surface area contributed by atoms with Crippen molar-refractivity contribution in [3.63, 3.8) is 0 Å².